The maximum atomic E-state index is 14.6. The smallest absolute Gasteiger partial charge is 0.306 e. The van der Waals surface area contributed by atoms with Crippen LogP contribution in [-0.4, -0.2) is 76.7 Å². The fourth-order valence-electron chi connectivity index (χ4n) is 7.08. The molecule has 11 heteroatoms. The monoisotopic (exact) mass is 726 g/mol. The topological polar surface area (TPSA) is 147 Å². The van der Waals surface area contributed by atoms with E-state index in [0.29, 0.717) is 31.2 Å². The van der Waals surface area contributed by atoms with Crippen LogP contribution in [0.1, 0.15) is 117 Å². The largest absolute Gasteiger partial charge is 0.460 e. The first-order valence-electron chi connectivity index (χ1n) is 18.3. The first kappa shape index (κ1) is 40.5. The van der Waals surface area contributed by atoms with Gasteiger partial charge < -0.3 is 20.1 Å². The van der Waals surface area contributed by atoms with Crippen LogP contribution in [0.5, 0.6) is 0 Å². The summed E-state index contributed by atoms with van der Waals surface area (Å²) < 4.78 is 30.3. The number of rotatable bonds is 15. The van der Waals surface area contributed by atoms with E-state index in [2.05, 4.69) is 11.9 Å². The molecule has 4 rings (SSSR count). The molecule has 3 aliphatic rings. The van der Waals surface area contributed by atoms with E-state index in [-0.39, 0.29) is 60.5 Å². The molecule has 1 aromatic rings. The minimum absolute atomic E-state index is 0.0839. The number of aliphatic hydroxyl groups is 1. The Morgan fingerprint density at radius 3 is 2.31 bits per heavy atom. The molecule has 1 aliphatic heterocycles. The van der Waals surface area contributed by atoms with Gasteiger partial charge in [-0.1, -0.05) is 71.0 Å². The number of likely N-dealkylation sites (tertiary alicyclic amines) is 1. The summed E-state index contributed by atoms with van der Waals surface area (Å²) in [5.74, 6) is -2.70. The molecule has 3 fully saturated rings. The van der Waals surface area contributed by atoms with Crippen molar-refractivity contribution in [3.8, 4) is 0 Å². The van der Waals surface area contributed by atoms with Gasteiger partial charge in [-0.15, -0.1) is 6.58 Å². The Balaban J connectivity index is 1.62. The third-order valence-corrected chi connectivity index (χ3v) is 12.5. The zero-order valence-corrected chi connectivity index (χ0v) is 32.5. The molecule has 10 nitrogen and oxygen atoms in total. The summed E-state index contributed by atoms with van der Waals surface area (Å²) in [6, 6.07) is 6.45. The van der Waals surface area contributed by atoms with Crippen molar-refractivity contribution >= 4 is 33.4 Å². The molecule has 51 heavy (non-hydrogen) atoms. The first-order chi connectivity index (χ1) is 23.5. The number of hydrogen-bond donors (Lipinski definition) is 2. The van der Waals surface area contributed by atoms with Crippen molar-refractivity contribution < 1.29 is 37.4 Å². The summed E-state index contributed by atoms with van der Waals surface area (Å²) in [5.41, 5.74) is -2.43. The molecular formula is C40H58N2O8S. The van der Waals surface area contributed by atoms with Crippen molar-refractivity contribution in [2.75, 3.05) is 12.3 Å². The molecule has 2 N–H and O–H groups in total. The highest BCUT2D eigenvalue weighted by atomic mass is 32.2. The average molecular weight is 727 g/mol. The number of hydrogen-bond acceptors (Lipinski definition) is 8. The standard InChI is InChI=1S/C40H58N2O8S/c1-10-28-23-40(28,33(43)17-13-21-51(48,49)30-19-20-30)41-35(45)32-24-39(47,29-15-11-14-27(22-29)26(2)3)25-42(32)36(46)31(37(4,5)6)16-12-18-34(44)50-38(7,8)9/h10-11,13-15,17,22,26,28,30-32,47H,1,12,16,18-21,23-25H2,2-9H3,(H,41,45)/b17-13+/t28-,31-,32+,39+,40-/m1/s1. The molecule has 5 atom stereocenters. The number of nitrogens with one attached hydrogen (secondary N) is 1. The van der Waals surface area contributed by atoms with Crippen molar-refractivity contribution in [2.24, 2.45) is 17.3 Å². The molecule has 0 unspecified atom stereocenters. The van der Waals surface area contributed by atoms with Gasteiger partial charge in [0.2, 0.25) is 11.8 Å². The number of nitrogens with zero attached hydrogens (tertiary/aromatic N) is 1. The summed E-state index contributed by atoms with van der Waals surface area (Å²) in [6.07, 6.45) is 6.54. The highest BCUT2D eigenvalue weighted by molar-refractivity contribution is 7.92. The minimum atomic E-state index is -3.31. The highest BCUT2D eigenvalue weighted by Gasteiger charge is 2.60. The van der Waals surface area contributed by atoms with Gasteiger partial charge in [0.05, 0.1) is 17.5 Å². The number of carbonyl (C=O) groups excluding carboxylic acids is 4. The summed E-state index contributed by atoms with van der Waals surface area (Å²) in [5, 5.41) is 14.8. The van der Waals surface area contributed by atoms with Crippen LogP contribution >= 0.6 is 0 Å². The van der Waals surface area contributed by atoms with Crippen molar-refractivity contribution in [3.05, 3.63) is 60.2 Å². The number of benzene rings is 1. The Hall–Kier alpha value is -3.31. The molecule has 0 aromatic heterocycles. The van der Waals surface area contributed by atoms with Gasteiger partial charge in [-0.05, 0) is 81.4 Å². The van der Waals surface area contributed by atoms with E-state index in [9.17, 15) is 32.7 Å². The second-order valence-corrected chi connectivity index (χ2v) is 19.5. The second kappa shape index (κ2) is 15.0. The van der Waals surface area contributed by atoms with E-state index in [1.54, 1.807) is 32.9 Å². The lowest BCUT2D eigenvalue weighted by Crippen LogP contribution is -2.54. The predicted molar refractivity (Wildman–Crippen MR) is 197 cm³/mol. The molecule has 2 aliphatic carbocycles. The van der Waals surface area contributed by atoms with Crippen molar-refractivity contribution in [3.63, 3.8) is 0 Å². The van der Waals surface area contributed by atoms with Crippen LogP contribution in [0.2, 0.25) is 0 Å². The van der Waals surface area contributed by atoms with Crippen LogP contribution in [0.15, 0.2) is 49.1 Å². The van der Waals surface area contributed by atoms with Crippen LogP contribution in [0.25, 0.3) is 0 Å². The lowest BCUT2D eigenvalue weighted by molar-refractivity contribution is -0.155. The maximum absolute atomic E-state index is 14.6. The van der Waals surface area contributed by atoms with E-state index in [4.69, 9.17) is 4.74 Å². The van der Waals surface area contributed by atoms with Gasteiger partial charge in [0, 0.05) is 24.7 Å². The number of sulfone groups is 1. The number of ether oxygens (including phenoxy) is 1. The number of β-amino-alcohol motifs (C(OH)–C–C–N with tert-alkyl or cyclic N) is 1. The Morgan fingerprint density at radius 1 is 1.10 bits per heavy atom. The summed E-state index contributed by atoms with van der Waals surface area (Å²) in [4.78, 5) is 56.4. The fourth-order valence-corrected chi connectivity index (χ4v) is 8.58. The van der Waals surface area contributed by atoms with Gasteiger partial charge in [-0.25, -0.2) is 8.42 Å². The number of esters is 1. The van der Waals surface area contributed by atoms with Gasteiger partial charge in [0.1, 0.15) is 22.8 Å². The van der Waals surface area contributed by atoms with Crippen molar-refractivity contribution in [2.45, 2.75) is 134 Å². The second-order valence-electron chi connectivity index (χ2n) is 17.2. The zero-order chi connectivity index (χ0) is 38.2. The Kier molecular flexibility index (Phi) is 11.9. The van der Waals surface area contributed by atoms with E-state index in [1.807, 2.05) is 52.8 Å². The van der Waals surface area contributed by atoms with E-state index >= 15 is 0 Å². The van der Waals surface area contributed by atoms with Crippen molar-refractivity contribution in [1.29, 1.82) is 0 Å². The summed E-state index contributed by atoms with van der Waals surface area (Å²) in [6.45, 7) is 19.0. The number of ketones is 1. The lowest BCUT2D eigenvalue weighted by Gasteiger charge is -2.35. The van der Waals surface area contributed by atoms with Crippen LogP contribution in [0, 0.1) is 17.3 Å². The minimum Gasteiger partial charge on any atom is -0.460 e. The SMILES string of the molecule is C=C[C@@H]1C[C@]1(NC(=O)[C@@H]1C[C@@](O)(c2cccc(C(C)C)c2)CN1C(=O)[C@@H](CCCC(=O)OC(C)(C)C)C(C)(C)C)C(=O)/C=C/CS(=O)(=O)C1CC1. The Bertz CT molecular complexity index is 1650. The van der Waals surface area contributed by atoms with Crippen LogP contribution in [0.4, 0.5) is 0 Å². The molecule has 2 amide bonds. The average Bonchev–Trinajstić information content (AvgIpc) is 3.95. The summed E-state index contributed by atoms with van der Waals surface area (Å²) in [7, 11) is -3.31. The van der Waals surface area contributed by atoms with E-state index in [1.165, 1.54) is 17.1 Å². The quantitative estimate of drug-likeness (QED) is 0.136. The van der Waals surface area contributed by atoms with Gasteiger partial charge in [-0.3, -0.25) is 19.2 Å². The Morgan fingerprint density at radius 2 is 1.76 bits per heavy atom. The van der Waals surface area contributed by atoms with Crippen molar-refractivity contribution in [1.82, 2.24) is 10.2 Å². The summed E-state index contributed by atoms with van der Waals surface area (Å²) >= 11 is 0. The van der Waals surface area contributed by atoms with E-state index in [0.717, 1.165) is 5.56 Å². The normalized spacial score (nSPS) is 25.9. The van der Waals surface area contributed by atoms with Gasteiger partial charge >= 0.3 is 5.97 Å². The molecule has 0 spiro atoms. The molecular weight excluding hydrogens is 669 g/mol. The van der Waals surface area contributed by atoms with E-state index < -0.39 is 55.6 Å². The van der Waals surface area contributed by atoms with Gasteiger partial charge in [0.15, 0.2) is 15.6 Å². The van der Waals surface area contributed by atoms with Gasteiger partial charge in [-0.2, -0.15) is 0 Å². The number of carbonyl (C=O) groups is 4. The maximum Gasteiger partial charge on any atom is 0.306 e. The third-order valence-electron chi connectivity index (χ3n) is 10.4. The molecule has 1 heterocycles. The Labute approximate surface area is 304 Å². The van der Waals surface area contributed by atoms with Crippen LogP contribution in [-0.2, 0) is 39.4 Å². The third kappa shape index (κ3) is 9.77. The molecule has 1 saturated heterocycles. The zero-order valence-electron chi connectivity index (χ0n) is 31.7. The van der Waals surface area contributed by atoms with Gasteiger partial charge in [0.25, 0.3) is 0 Å². The predicted octanol–water partition coefficient (Wildman–Crippen LogP) is 5.54. The highest BCUT2D eigenvalue weighted by Crippen LogP contribution is 2.47. The molecule has 282 valence electrons. The molecule has 2 saturated carbocycles. The molecule has 0 bridgehead atoms. The number of amides is 2. The van der Waals surface area contributed by atoms with Crippen LogP contribution in [0.3, 0.4) is 0 Å². The van der Waals surface area contributed by atoms with Crippen LogP contribution < -0.4 is 5.32 Å². The molecule has 0 radical (unpaired) electrons. The molecule has 1 aromatic carbocycles. The lowest BCUT2D eigenvalue weighted by atomic mass is 9.76. The first-order valence-corrected chi connectivity index (χ1v) is 20.0. The fraction of sp³-hybridized carbons (Fsp3) is 0.650.